The molecule has 1 aromatic heterocycles. The van der Waals surface area contributed by atoms with Crippen molar-refractivity contribution in [1.82, 2.24) is 15.3 Å². The molecule has 0 fully saturated rings. The monoisotopic (exact) mass is 261 g/mol. The summed E-state index contributed by atoms with van der Waals surface area (Å²) < 4.78 is 4.58. The Morgan fingerprint density at radius 3 is 2.89 bits per heavy atom. The first-order valence-corrected chi connectivity index (χ1v) is 6.09. The summed E-state index contributed by atoms with van der Waals surface area (Å²) in [6.45, 7) is 2.17. The average Bonchev–Trinajstić information content (AvgIpc) is 2.81. The zero-order chi connectivity index (χ0) is 13.7. The summed E-state index contributed by atoms with van der Waals surface area (Å²) in [6, 6.07) is 7.68. The van der Waals surface area contributed by atoms with E-state index < -0.39 is 11.9 Å². The third-order valence-corrected chi connectivity index (χ3v) is 2.55. The van der Waals surface area contributed by atoms with Crippen LogP contribution in [0.2, 0.25) is 0 Å². The molecule has 1 heterocycles. The molecule has 0 aliphatic heterocycles. The van der Waals surface area contributed by atoms with Crippen LogP contribution in [0.5, 0.6) is 0 Å². The van der Waals surface area contributed by atoms with E-state index in [-0.39, 0.29) is 6.61 Å². The molecule has 2 N–H and O–H groups in total. The molecule has 0 saturated carbocycles. The molecule has 1 aromatic carbocycles. The van der Waals surface area contributed by atoms with Crippen molar-refractivity contribution in [3.05, 3.63) is 30.1 Å². The van der Waals surface area contributed by atoms with Gasteiger partial charge in [-0.05, 0) is 19.1 Å². The van der Waals surface area contributed by atoms with Crippen LogP contribution in [-0.4, -0.2) is 35.0 Å². The minimum atomic E-state index is -0.855. The molecule has 2 rings (SSSR count). The van der Waals surface area contributed by atoms with E-state index in [1.54, 1.807) is 6.92 Å². The van der Waals surface area contributed by atoms with Gasteiger partial charge in [0, 0.05) is 13.0 Å². The highest BCUT2D eigenvalue weighted by Gasteiger charge is 2.13. The molecular formula is C13H15N3O3. The first-order chi connectivity index (χ1) is 9.20. The quantitative estimate of drug-likeness (QED) is 0.629. The fourth-order valence-electron chi connectivity index (χ4n) is 1.69. The Morgan fingerprint density at radius 2 is 2.16 bits per heavy atom. The predicted molar refractivity (Wildman–Crippen MR) is 69.4 cm³/mol. The number of nitrogens with one attached hydrogen (secondary N) is 2. The average molecular weight is 261 g/mol. The standard InChI is InChI=1S/C13H15N3O3/c1-2-19-13(18)12(17)14-8-7-11-15-9-5-3-4-6-10(9)16-11/h3-6H,2,7-8H2,1H3,(H,14,17)(H,15,16). The second kappa shape index (κ2) is 5.99. The van der Waals surface area contributed by atoms with Crippen LogP contribution in [0.1, 0.15) is 12.7 Å². The van der Waals surface area contributed by atoms with Crippen molar-refractivity contribution in [2.24, 2.45) is 0 Å². The summed E-state index contributed by atoms with van der Waals surface area (Å²) in [6.07, 6.45) is 0.528. The van der Waals surface area contributed by atoms with Crippen LogP contribution in [0.3, 0.4) is 0 Å². The van der Waals surface area contributed by atoms with Gasteiger partial charge in [0.15, 0.2) is 0 Å². The van der Waals surface area contributed by atoms with E-state index in [1.807, 2.05) is 24.3 Å². The minimum Gasteiger partial charge on any atom is -0.459 e. The molecule has 0 atom stereocenters. The number of imidazole rings is 1. The van der Waals surface area contributed by atoms with Crippen LogP contribution >= 0.6 is 0 Å². The minimum absolute atomic E-state index is 0.190. The van der Waals surface area contributed by atoms with Gasteiger partial charge in [-0.15, -0.1) is 0 Å². The molecule has 2 aromatic rings. The maximum Gasteiger partial charge on any atom is 0.396 e. The second-order valence-corrected chi connectivity index (χ2v) is 3.93. The van der Waals surface area contributed by atoms with E-state index in [9.17, 15) is 9.59 Å². The highest BCUT2D eigenvalue weighted by molar-refractivity contribution is 6.32. The lowest BCUT2D eigenvalue weighted by molar-refractivity contribution is -0.154. The maximum atomic E-state index is 11.3. The van der Waals surface area contributed by atoms with Gasteiger partial charge in [-0.1, -0.05) is 12.1 Å². The van der Waals surface area contributed by atoms with Gasteiger partial charge in [0.25, 0.3) is 0 Å². The van der Waals surface area contributed by atoms with Gasteiger partial charge in [0.05, 0.1) is 17.6 Å². The van der Waals surface area contributed by atoms with Crippen LogP contribution in [0, 0.1) is 0 Å². The van der Waals surface area contributed by atoms with Crippen molar-refractivity contribution < 1.29 is 14.3 Å². The maximum absolute atomic E-state index is 11.3. The summed E-state index contributed by atoms with van der Waals surface area (Å²) in [5, 5.41) is 2.49. The van der Waals surface area contributed by atoms with Gasteiger partial charge in [0.1, 0.15) is 5.82 Å². The predicted octanol–water partition coefficient (Wildman–Crippen LogP) is 0.785. The van der Waals surface area contributed by atoms with Crippen LogP contribution in [-0.2, 0) is 20.7 Å². The topological polar surface area (TPSA) is 84.1 Å². The van der Waals surface area contributed by atoms with E-state index in [2.05, 4.69) is 20.0 Å². The summed E-state index contributed by atoms with van der Waals surface area (Å²) in [4.78, 5) is 29.9. The van der Waals surface area contributed by atoms with Gasteiger partial charge >= 0.3 is 11.9 Å². The first kappa shape index (κ1) is 13.1. The molecule has 6 nitrogen and oxygen atoms in total. The number of aromatic amines is 1. The number of H-pyrrole nitrogens is 1. The molecule has 6 heteroatoms. The fourth-order valence-corrected chi connectivity index (χ4v) is 1.69. The molecule has 100 valence electrons. The van der Waals surface area contributed by atoms with Crippen molar-refractivity contribution >= 4 is 22.9 Å². The van der Waals surface area contributed by atoms with E-state index in [1.165, 1.54) is 0 Å². The summed E-state index contributed by atoms with van der Waals surface area (Å²) in [5.41, 5.74) is 1.84. The molecule has 0 unspecified atom stereocenters. The van der Waals surface area contributed by atoms with Gasteiger partial charge in [-0.2, -0.15) is 0 Å². The van der Waals surface area contributed by atoms with E-state index in [0.29, 0.717) is 13.0 Å². The van der Waals surface area contributed by atoms with Crippen LogP contribution in [0.4, 0.5) is 0 Å². The van der Waals surface area contributed by atoms with Crippen LogP contribution in [0.15, 0.2) is 24.3 Å². The normalized spacial score (nSPS) is 10.4. The number of esters is 1. The van der Waals surface area contributed by atoms with Crippen LogP contribution < -0.4 is 5.32 Å². The Morgan fingerprint density at radius 1 is 1.37 bits per heavy atom. The number of hydrogen-bond acceptors (Lipinski definition) is 4. The number of aromatic nitrogens is 2. The third kappa shape index (κ3) is 3.31. The largest absolute Gasteiger partial charge is 0.459 e. The number of hydrogen-bond donors (Lipinski definition) is 2. The van der Waals surface area contributed by atoms with E-state index in [0.717, 1.165) is 16.9 Å². The molecule has 1 amide bonds. The highest BCUT2D eigenvalue weighted by atomic mass is 16.5. The lowest BCUT2D eigenvalue weighted by Crippen LogP contribution is -2.34. The summed E-state index contributed by atoms with van der Waals surface area (Å²) in [5.74, 6) is -0.810. The summed E-state index contributed by atoms with van der Waals surface area (Å²) >= 11 is 0. The lowest BCUT2D eigenvalue weighted by atomic mass is 10.3. The Labute approximate surface area is 110 Å². The van der Waals surface area contributed by atoms with E-state index in [4.69, 9.17) is 0 Å². The van der Waals surface area contributed by atoms with Crippen LogP contribution in [0.25, 0.3) is 11.0 Å². The number of benzene rings is 1. The Balaban J connectivity index is 1.85. The van der Waals surface area contributed by atoms with Crippen molar-refractivity contribution in [2.75, 3.05) is 13.2 Å². The van der Waals surface area contributed by atoms with Gasteiger partial charge in [-0.3, -0.25) is 4.79 Å². The third-order valence-electron chi connectivity index (χ3n) is 2.55. The fraction of sp³-hybridized carbons (Fsp3) is 0.308. The van der Waals surface area contributed by atoms with Crippen molar-refractivity contribution in [1.29, 1.82) is 0 Å². The van der Waals surface area contributed by atoms with Gasteiger partial charge in [0.2, 0.25) is 0 Å². The molecule has 19 heavy (non-hydrogen) atoms. The zero-order valence-corrected chi connectivity index (χ0v) is 10.6. The zero-order valence-electron chi connectivity index (χ0n) is 10.6. The first-order valence-electron chi connectivity index (χ1n) is 6.09. The van der Waals surface area contributed by atoms with Gasteiger partial charge < -0.3 is 15.0 Å². The Bertz CT molecular complexity index is 559. The van der Waals surface area contributed by atoms with E-state index >= 15 is 0 Å². The number of fused-ring (bicyclic) bond motifs is 1. The molecular weight excluding hydrogens is 246 g/mol. The molecule has 0 spiro atoms. The summed E-state index contributed by atoms with van der Waals surface area (Å²) in [7, 11) is 0. The molecule has 0 aliphatic carbocycles. The Hall–Kier alpha value is -2.37. The number of amides is 1. The number of carbonyl (C=O) groups is 2. The molecule has 0 aliphatic rings. The SMILES string of the molecule is CCOC(=O)C(=O)NCCc1nc2ccccc2[nH]1. The van der Waals surface area contributed by atoms with Crippen molar-refractivity contribution in [2.45, 2.75) is 13.3 Å². The molecule has 0 saturated heterocycles. The molecule has 0 bridgehead atoms. The smallest absolute Gasteiger partial charge is 0.396 e. The number of ether oxygens (including phenoxy) is 1. The number of carbonyl (C=O) groups excluding carboxylic acids is 2. The molecule has 0 radical (unpaired) electrons. The van der Waals surface area contributed by atoms with Crippen molar-refractivity contribution in [3.63, 3.8) is 0 Å². The van der Waals surface area contributed by atoms with Crippen molar-refractivity contribution in [3.8, 4) is 0 Å². The number of para-hydroxylation sites is 2. The highest BCUT2D eigenvalue weighted by Crippen LogP contribution is 2.10. The Kier molecular flexibility index (Phi) is 4.12. The second-order valence-electron chi connectivity index (χ2n) is 3.93. The number of rotatable bonds is 4. The van der Waals surface area contributed by atoms with Gasteiger partial charge in [-0.25, -0.2) is 9.78 Å². The lowest BCUT2D eigenvalue weighted by Gasteiger charge is -2.02. The number of nitrogens with zero attached hydrogens (tertiary/aromatic N) is 1.